The highest BCUT2D eigenvalue weighted by Crippen LogP contribution is 2.70. The van der Waals surface area contributed by atoms with Crippen molar-refractivity contribution in [2.45, 2.75) is 18.5 Å². The molecule has 4 aromatic carbocycles. The Morgan fingerprint density at radius 1 is 0.721 bits per heavy atom. The van der Waals surface area contributed by atoms with Crippen LogP contribution >= 0.6 is 7.26 Å². The van der Waals surface area contributed by atoms with Gasteiger partial charge < -0.3 is 14.4 Å². The second kappa shape index (κ2) is 12.6. The minimum Gasteiger partial charge on any atom is -0.860 e. The molecule has 7 nitrogen and oxygen atoms in total. The summed E-state index contributed by atoms with van der Waals surface area (Å²) in [6.45, 7) is 1.74. The molecule has 0 radical (unpaired) electrons. The Balaban J connectivity index is 2.04. The van der Waals surface area contributed by atoms with E-state index in [-0.39, 0.29) is 12.2 Å². The molecule has 0 spiro atoms. The first-order chi connectivity index (χ1) is 20.8. The normalized spacial score (nSPS) is 12.8. The van der Waals surface area contributed by atoms with Crippen LogP contribution < -0.4 is 32.3 Å². The van der Waals surface area contributed by atoms with Crippen molar-refractivity contribution in [3.05, 3.63) is 153 Å². The van der Waals surface area contributed by atoms with Crippen molar-refractivity contribution in [2.24, 2.45) is 14.1 Å². The Morgan fingerprint density at radius 3 is 1.56 bits per heavy atom. The van der Waals surface area contributed by atoms with Crippen LogP contribution in [0.15, 0.2) is 131 Å². The second-order valence-corrected chi connectivity index (χ2v) is 13.8. The van der Waals surface area contributed by atoms with Crippen molar-refractivity contribution in [3.63, 3.8) is 0 Å². The molecule has 0 N–H and O–H groups in total. The van der Waals surface area contributed by atoms with Crippen molar-refractivity contribution in [1.82, 2.24) is 9.13 Å². The minimum atomic E-state index is -2.94. The predicted octanol–water partition coefficient (Wildman–Crippen LogP) is 3.54. The van der Waals surface area contributed by atoms with Gasteiger partial charge in [0.15, 0.2) is 0 Å². The maximum atomic E-state index is 14.3. The Hall–Kier alpha value is -4.74. The Kier molecular flexibility index (Phi) is 8.74. The molecule has 8 heteroatoms. The van der Waals surface area contributed by atoms with E-state index in [4.69, 9.17) is 4.74 Å². The van der Waals surface area contributed by atoms with E-state index >= 15 is 0 Å². The Labute approximate surface area is 251 Å². The highest BCUT2D eigenvalue weighted by atomic mass is 31.2. The molecule has 0 amide bonds. The Morgan fingerprint density at radius 2 is 1.14 bits per heavy atom. The van der Waals surface area contributed by atoms with Crippen LogP contribution in [0.3, 0.4) is 0 Å². The molecule has 0 aliphatic carbocycles. The molecule has 2 unspecified atom stereocenters. The highest BCUT2D eigenvalue weighted by molar-refractivity contribution is 7.96. The lowest BCUT2D eigenvalue weighted by Gasteiger charge is -2.39. The number of hydrogen-bond acceptors (Lipinski definition) is 5. The molecule has 5 aromatic rings. The van der Waals surface area contributed by atoms with E-state index < -0.39 is 41.9 Å². The minimum absolute atomic E-state index is 0.0462. The van der Waals surface area contributed by atoms with E-state index in [2.05, 4.69) is 0 Å². The van der Waals surface area contributed by atoms with Gasteiger partial charge in [0.2, 0.25) is 0 Å². The zero-order valence-corrected chi connectivity index (χ0v) is 25.2. The zero-order chi connectivity index (χ0) is 30.6. The number of esters is 1. The van der Waals surface area contributed by atoms with Gasteiger partial charge in [-0.15, -0.1) is 0 Å². The molecule has 218 valence electrons. The molecule has 1 heterocycles. The first-order valence-electron chi connectivity index (χ1n) is 14.1. The zero-order valence-electron chi connectivity index (χ0n) is 24.3. The molecule has 0 bridgehead atoms. The van der Waals surface area contributed by atoms with Gasteiger partial charge in [0.25, 0.3) is 5.56 Å². The molecule has 0 aliphatic heterocycles. The molecule has 2 atom stereocenters. The van der Waals surface area contributed by atoms with E-state index in [1.807, 2.05) is 121 Å². The number of aromatic nitrogens is 2. The lowest BCUT2D eigenvalue weighted by Crippen LogP contribution is -2.45. The number of benzene rings is 4. The summed E-state index contributed by atoms with van der Waals surface area (Å²) < 4.78 is 7.46. The van der Waals surface area contributed by atoms with Gasteiger partial charge >= 0.3 is 11.7 Å². The molecule has 43 heavy (non-hydrogen) atoms. The lowest BCUT2D eigenvalue weighted by molar-refractivity contribution is -0.281. The van der Waals surface area contributed by atoms with Gasteiger partial charge in [-0.3, -0.25) is 14.2 Å². The van der Waals surface area contributed by atoms with Crippen LogP contribution in [-0.4, -0.2) is 21.7 Å². The maximum absolute atomic E-state index is 14.3. The first-order valence-corrected chi connectivity index (χ1v) is 15.9. The van der Waals surface area contributed by atoms with Crippen LogP contribution in [-0.2, 0) is 23.6 Å². The third-order valence-corrected chi connectivity index (χ3v) is 12.6. The standard InChI is InChI=1S/C35H33N2O5P/c1-4-42-34(40)29(30-32(38)36(2)35(41)37(3)33(30)39)31(25-17-9-5-10-18-25)43(26-19-11-6-12-20-26,27-21-13-7-14-22-27)28-23-15-8-16-24-28/h5-24,29,31H,4H2,1-3H3. The van der Waals surface area contributed by atoms with Crippen LogP contribution in [0.5, 0.6) is 5.88 Å². The summed E-state index contributed by atoms with van der Waals surface area (Å²) in [5.41, 5.74) is -1.84. The van der Waals surface area contributed by atoms with Crippen LogP contribution in [0, 0.1) is 0 Å². The van der Waals surface area contributed by atoms with Gasteiger partial charge in [-0.25, -0.2) is 4.79 Å². The molecule has 0 saturated carbocycles. The van der Waals surface area contributed by atoms with E-state index in [1.165, 1.54) is 14.1 Å². The molecular weight excluding hydrogens is 559 g/mol. The maximum Gasteiger partial charge on any atom is 0.329 e. The summed E-state index contributed by atoms with van der Waals surface area (Å²) in [5.74, 6) is -2.84. The van der Waals surface area contributed by atoms with Crippen LogP contribution in [0.25, 0.3) is 0 Å². The number of rotatable bonds is 9. The molecule has 0 saturated heterocycles. The Bertz CT molecular complexity index is 1730. The van der Waals surface area contributed by atoms with Gasteiger partial charge in [-0.1, -0.05) is 84.9 Å². The molecule has 0 aliphatic rings. The number of hydrogen-bond donors (Lipinski definition) is 0. The van der Waals surface area contributed by atoms with Crippen molar-refractivity contribution in [2.75, 3.05) is 6.61 Å². The average molecular weight is 593 g/mol. The molecular formula is C35H33N2O5P. The monoisotopic (exact) mass is 592 g/mol. The predicted molar refractivity (Wildman–Crippen MR) is 170 cm³/mol. The number of carbonyl (C=O) groups excluding carboxylic acids is 1. The van der Waals surface area contributed by atoms with Gasteiger partial charge in [0, 0.05) is 19.7 Å². The van der Waals surface area contributed by atoms with Crippen molar-refractivity contribution in [1.29, 1.82) is 0 Å². The fraction of sp³-hybridized carbons (Fsp3) is 0.171. The van der Waals surface area contributed by atoms with Crippen LogP contribution in [0.2, 0.25) is 0 Å². The van der Waals surface area contributed by atoms with E-state index in [0.717, 1.165) is 30.6 Å². The third kappa shape index (κ3) is 5.21. The van der Waals surface area contributed by atoms with Gasteiger partial charge in [-0.05, 0) is 54.8 Å². The number of ether oxygens (including phenoxy) is 1. The topological polar surface area (TPSA) is 93.4 Å². The number of carbonyl (C=O) groups is 1. The van der Waals surface area contributed by atoms with Crippen molar-refractivity contribution >= 4 is 29.1 Å². The number of nitrogens with zero attached hydrogens (tertiary/aromatic N) is 2. The van der Waals surface area contributed by atoms with Gasteiger partial charge in [0.1, 0.15) is 34.8 Å². The summed E-state index contributed by atoms with van der Waals surface area (Å²) in [5, 5.41) is 16.8. The fourth-order valence-electron chi connectivity index (χ4n) is 5.96. The second-order valence-electron chi connectivity index (χ2n) is 10.2. The van der Waals surface area contributed by atoms with Crippen molar-refractivity contribution in [3.8, 4) is 5.88 Å². The largest absolute Gasteiger partial charge is 0.860 e. The van der Waals surface area contributed by atoms with Gasteiger partial charge in [0.05, 0.1) is 6.61 Å². The summed E-state index contributed by atoms with van der Waals surface area (Å²) >= 11 is 0. The van der Waals surface area contributed by atoms with E-state index in [0.29, 0.717) is 0 Å². The SMILES string of the molecule is CCOC(=O)C(c1c([O-])n(C)c(=O)n(C)c1=O)C(c1ccccc1)[P+](c1ccccc1)(c1ccccc1)c1ccccc1. The lowest BCUT2D eigenvalue weighted by atomic mass is 9.92. The summed E-state index contributed by atoms with van der Waals surface area (Å²) in [4.78, 5) is 41.1. The van der Waals surface area contributed by atoms with Crippen LogP contribution in [0.4, 0.5) is 0 Å². The fourth-order valence-corrected chi connectivity index (χ4v) is 11.1. The van der Waals surface area contributed by atoms with Crippen LogP contribution in [0.1, 0.15) is 29.6 Å². The highest BCUT2D eigenvalue weighted by Gasteiger charge is 2.59. The van der Waals surface area contributed by atoms with E-state index in [9.17, 15) is 19.5 Å². The summed E-state index contributed by atoms with van der Waals surface area (Å²) in [7, 11) is -0.300. The molecule has 5 rings (SSSR count). The summed E-state index contributed by atoms with van der Waals surface area (Å²) in [6, 6.07) is 39.4. The average Bonchev–Trinajstić information content (AvgIpc) is 3.06. The molecule has 1 aromatic heterocycles. The van der Waals surface area contributed by atoms with Crippen molar-refractivity contribution < 1.29 is 14.6 Å². The quantitative estimate of drug-likeness (QED) is 0.193. The van der Waals surface area contributed by atoms with Gasteiger partial charge in [-0.2, -0.15) is 0 Å². The van der Waals surface area contributed by atoms with E-state index in [1.54, 1.807) is 6.92 Å². The smallest absolute Gasteiger partial charge is 0.329 e. The summed E-state index contributed by atoms with van der Waals surface area (Å²) in [6.07, 6.45) is 0. The first kappa shape index (κ1) is 29.7. The third-order valence-electron chi connectivity index (χ3n) is 7.86. The molecule has 0 fully saturated rings.